The molecule has 4 rings (SSSR count). The molecular weight excluding hydrogens is 652 g/mol. The minimum absolute atomic E-state index is 0.0455. The molecule has 4 aromatic rings. The Hall–Kier alpha value is -5.51. The minimum Gasteiger partial charge on any atom is -0.480 e. The Bertz CT molecular complexity index is 2100. The molecule has 13 nitrogen and oxygen atoms in total. The molecule has 16 heteroatoms. The van der Waals surface area contributed by atoms with Gasteiger partial charge in [-0.3, -0.25) is 24.1 Å². The van der Waals surface area contributed by atoms with Crippen molar-refractivity contribution in [2.24, 2.45) is 12.5 Å². The van der Waals surface area contributed by atoms with Crippen molar-refractivity contribution in [3.63, 3.8) is 0 Å². The van der Waals surface area contributed by atoms with Crippen LogP contribution in [0.4, 0.5) is 14.5 Å². The Labute approximate surface area is 272 Å². The van der Waals surface area contributed by atoms with E-state index < -0.39 is 67.0 Å². The van der Waals surface area contributed by atoms with Crippen LogP contribution in [0.15, 0.2) is 81.5 Å². The highest BCUT2D eigenvalue weighted by Gasteiger charge is 2.27. The third kappa shape index (κ3) is 8.25. The average Bonchev–Trinajstić information content (AvgIpc) is 2.98. The SMILES string of the molecule is Cn1ccc(=O)n(-c2ccc(C[C@H](NC(=O)c3c(F)cc(NS(=O)(=O)c4ccc(C(=O)CC(C)(C)C)nc4)cc3F)C(=O)O)cc2)c1=O. The van der Waals surface area contributed by atoms with E-state index in [4.69, 9.17) is 0 Å². The molecule has 0 unspecified atom stereocenters. The van der Waals surface area contributed by atoms with Crippen molar-refractivity contribution in [1.29, 1.82) is 0 Å². The number of carbonyl (C=O) groups is 3. The first-order chi connectivity index (χ1) is 22.4. The number of amides is 1. The van der Waals surface area contributed by atoms with E-state index in [-0.39, 0.29) is 35.4 Å². The van der Waals surface area contributed by atoms with Gasteiger partial charge in [-0.05, 0) is 47.4 Å². The van der Waals surface area contributed by atoms with Gasteiger partial charge in [0.1, 0.15) is 33.8 Å². The summed E-state index contributed by atoms with van der Waals surface area (Å²) in [5.41, 5.74) is -2.63. The molecule has 0 aliphatic rings. The number of rotatable bonds is 11. The maximum Gasteiger partial charge on any atom is 0.335 e. The van der Waals surface area contributed by atoms with Crippen molar-refractivity contribution < 1.29 is 36.7 Å². The van der Waals surface area contributed by atoms with Crippen LogP contribution in [0.5, 0.6) is 0 Å². The van der Waals surface area contributed by atoms with Crippen LogP contribution in [-0.2, 0) is 28.3 Å². The predicted molar refractivity (Wildman–Crippen MR) is 170 cm³/mol. The Balaban J connectivity index is 1.48. The molecule has 0 radical (unpaired) electrons. The Morgan fingerprint density at radius 3 is 2.15 bits per heavy atom. The number of aryl methyl sites for hydroxylation is 1. The molecule has 3 N–H and O–H groups in total. The molecule has 1 amide bonds. The molecule has 1 atom stereocenters. The monoisotopic (exact) mass is 683 g/mol. The molecule has 0 saturated carbocycles. The summed E-state index contributed by atoms with van der Waals surface area (Å²) in [7, 11) is -2.96. The van der Waals surface area contributed by atoms with Crippen LogP contribution in [0, 0.1) is 17.0 Å². The highest BCUT2D eigenvalue weighted by atomic mass is 32.2. The highest BCUT2D eigenvalue weighted by molar-refractivity contribution is 7.92. The smallest absolute Gasteiger partial charge is 0.335 e. The van der Waals surface area contributed by atoms with Gasteiger partial charge in [0.05, 0.1) is 11.4 Å². The fourth-order valence-corrected chi connectivity index (χ4v) is 5.57. The summed E-state index contributed by atoms with van der Waals surface area (Å²) in [6.45, 7) is 5.57. The van der Waals surface area contributed by atoms with Crippen LogP contribution in [-0.4, -0.2) is 51.3 Å². The fourth-order valence-electron chi connectivity index (χ4n) is 4.59. The Kier molecular flexibility index (Phi) is 10.1. The third-order valence-electron chi connectivity index (χ3n) is 6.94. The van der Waals surface area contributed by atoms with Gasteiger partial charge in [-0.25, -0.2) is 31.4 Å². The number of aromatic nitrogens is 3. The quantitative estimate of drug-likeness (QED) is 0.200. The van der Waals surface area contributed by atoms with E-state index in [0.717, 1.165) is 16.8 Å². The molecule has 0 saturated heterocycles. The topological polar surface area (TPSA) is 187 Å². The number of benzene rings is 2. The number of sulfonamides is 1. The maximum absolute atomic E-state index is 15.0. The number of hydrogen-bond donors (Lipinski definition) is 3. The van der Waals surface area contributed by atoms with E-state index in [1.165, 1.54) is 54.2 Å². The zero-order valence-corrected chi connectivity index (χ0v) is 27.0. The van der Waals surface area contributed by atoms with Crippen molar-refractivity contribution in [2.75, 3.05) is 4.72 Å². The summed E-state index contributed by atoms with van der Waals surface area (Å²) in [5.74, 6) is -6.19. The number of Topliss-reactive ketones (excluding diaryl/α,β-unsaturated/α-hetero) is 1. The molecule has 2 aromatic carbocycles. The van der Waals surface area contributed by atoms with E-state index in [0.29, 0.717) is 17.7 Å². The number of carboxylic acid groups (broad SMARTS) is 1. The Morgan fingerprint density at radius 2 is 1.60 bits per heavy atom. The van der Waals surface area contributed by atoms with Crippen LogP contribution >= 0.6 is 0 Å². The van der Waals surface area contributed by atoms with Gasteiger partial charge in [-0.2, -0.15) is 0 Å². The molecule has 0 bridgehead atoms. The van der Waals surface area contributed by atoms with Gasteiger partial charge < -0.3 is 15.0 Å². The van der Waals surface area contributed by atoms with E-state index in [1.807, 2.05) is 25.5 Å². The van der Waals surface area contributed by atoms with Crippen LogP contribution < -0.4 is 21.3 Å². The summed E-state index contributed by atoms with van der Waals surface area (Å²) in [6.07, 6.45) is 2.07. The fraction of sp³-hybridized carbons (Fsp3) is 0.250. The molecule has 2 heterocycles. The first-order valence-corrected chi connectivity index (χ1v) is 15.8. The summed E-state index contributed by atoms with van der Waals surface area (Å²) < 4.78 is 59.8. The molecule has 0 aliphatic carbocycles. The minimum atomic E-state index is -4.42. The van der Waals surface area contributed by atoms with Crippen LogP contribution in [0.1, 0.15) is 53.6 Å². The summed E-state index contributed by atoms with van der Waals surface area (Å²) >= 11 is 0. The zero-order chi connectivity index (χ0) is 35.6. The number of halogens is 2. The summed E-state index contributed by atoms with van der Waals surface area (Å²) in [4.78, 5) is 65.2. The van der Waals surface area contributed by atoms with Crippen LogP contribution in [0.2, 0.25) is 0 Å². The van der Waals surface area contributed by atoms with Gasteiger partial charge in [-0.1, -0.05) is 32.9 Å². The third-order valence-corrected chi connectivity index (χ3v) is 8.30. The summed E-state index contributed by atoms with van der Waals surface area (Å²) in [5, 5.41) is 11.7. The van der Waals surface area contributed by atoms with Crippen molar-refractivity contribution in [3.05, 3.63) is 116 Å². The second kappa shape index (κ2) is 13.7. The molecule has 0 aliphatic heterocycles. The van der Waals surface area contributed by atoms with Gasteiger partial charge in [0, 0.05) is 38.3 Å². The lowest BCUT2D eigenvalue weighted by Crippen LogP contribution is -2.43. The first-order valence-electron chi connectivity index (χ1n) is 14.3. The lowest BCUT2D eigenvalue weighted by atomic mass is 9.89. The second-order valence-electron chi connectivity index (χ2n) is 12.1. The van der Waals surface area contributed by atoms with Gasteiger partial charge in [0.15, 0.2) is 5.78 Å². The number of hydrogen-bond acceptors (Lipinski definition) is 8. The van der Waals surface area contributed by atoms with Crippen LogP contribution in [0.25, 0.3) is 5.69 Å². The molecule has 2 aromatic heterocycles. The predicted octanol–water partition coefficient (Wildman–Crippen LogP) is 3.05. The molecular formula is C32H31F2N5O8S. The number of nitrogens with one attached hydrogen (secondary N) is 2. The van der Waals surface area contributed by atoms with Gasteiger partial charge >= 0.3 is 11.7 Å². The molecule has 252 valence electrons. The number of ketones is 1. The van der Waals surface area contributed by atoms with Crippen molar-refractivity contribution in [3.8, 4) is 5.69 Å². The van der Waals surface area contributed by atoms with Crippen molar-refractivity contribution in [1.82, 2.24) is 19.4 Å². The summed E-state index contributed by atoms with van der Waals surface area (Å²) in [6, 6.07) is 8.61. The standard InChI is InChI=1S/C32H31F2N5O8S/c1-32(2,3)16-26(40)24-10-9-21(17-35-24)48(46,47)37-19-14-22(33)28(23(34)15-19)29(42)36-25(30(43)44)13-18-5-7-20(8-6-18)39-27(41)11-12-38(4)31(39)45/h5-12,14-15,17,25,37H,13,16H2,1-4H3,(H,36,42)(H,43,44)/t25-/m0/s1. The molecule has 0 fully saturated rings. The van der Waals surface area contributed by atoms with Gasteiger partial charge in [0.25, 0.3) is 21.5 Å². The lowest BCUT2D eigenvalue weighted by Gasteiger charge is -2.17. The highest BCUT2D eigenvalue weighted by Crippen LogP contribution is 2.24. The van der Waals surface area contributed by atoms with Crippen molar-refractivity contribution in [2.45, 2.75) is 44.6 Å². The van der Waals surface area contributed by atoms with E-state index in [2.05, 4.69) is 10.3 Å². The number of anilines is 1. The second-order valence-corrected chi connectivity index (χ2v) is 13.8. The number of pyridine rings is 1. The Morgan fingerprint density at radius 1 is 0.979 bits per heavy atom. The first kappa shape index (κ1) is 35.3. The number of nitrogens with zero attached hydrogens (tertiary/aromatic N) is 3. The number of carbonyl (C=O) groups excluding carboxylic acids is 2. The van der Waals surface area contributed by atoms with E-state index in [9.17, 15) is 37.5 Å². The average molecular weight is 684 g/mol. The van der Waals surface area contributed by atoms with Gasteiger partial charge in [0.2, 0.25) is 0 Å². The van der Waals surface area contributed by atoms with Gasteiger partial charge in [-0.15, -0.1) is 0 Å². The van der Waals surface area contributed by atoms with E-state index in [1.54, 1.807) is 0 Å². The molecule has 48 heavy (non-hydrogen) atoms. The van der Waals surface area contributed by atoms with Crippen LogP contribution in [0.3, 0.4) is 0 Å². The lowest BCUT2D eigenvalue weighted by molar-refractivity contribution is -0.139. The maximum atomic E-state index is 15.0. The number of aliphatic carboxylic acids is 1. The largest absolute Gasteiger partial charge is 0.480 e. The van der Waals surface area contributed by atoms with E-state index >= 15 is 8.78 Å². The molecule has 0 spiro atoms. The zero-order valence-electron chi connectivity index (χ0n) is 26.2. The normalized spacial score (nSPS) is 12.3. The van der Waals surface area contributed by atoms with Crippen molar-refractivity contribution >= 4 is 33.4 Å². The number of carboxylic acids is 1.